The standard InChI is InChI=1S/C31H37N5O2/c1-23(2)38-27-11-9-26(10-12-27)34-31(37)36-19-14-25(15-20-36)30-28-21-24(8-13-29(28)32-22-33-30)7-6-18-35-16-4-3-5-17-35/h8-13,21-23,25H,3-5,14-20H2,1-2H3,(H,34,37). The van der Waals surface area contributed by atoms with Crippen LogP contribution in [0.15, 0.2) is 48.8 Å². The van der Waals surface area contributed by atoms with Crippen molar-refractivity contribution in [1.82, 2.24) is 19.8 Å². The molecule has 5 rings (SSSR count). The highest BCUT2D eigenvalue weighted by molar-refractivity contribution is 5.89. The molecule has 0 aliphatic carbocycles. The van der Waals surface area contributed by atoms with Crippen molar-refractivity contribution in [1.29, 1.82) is 0 Å². The predicted molar refractivity (Wildman–Crippen MR) is 151 cm³/mol. The van der Waals surface area contributed by atoms with E-state index in [4.69, 9.17) is 9.72 Å². The Kier molecular flexibility index (Phi) is 8.40. The third kappa shape index (κ3) is 6.62. The number of aromatic nitrogens is 2. The highest BCUT2D eigenvalue weighted by Crippen LogP contribution is 2.31. The first-order valence-electron chi connectivity index (χ1n) is 13.8. The average molecular weight is 512 g/mol. The van der Waals surface area contributed by atoms with Gasteiger partial charge in [-0.2, -0.15) is 0 Å². The summed E-state index contributed by atoms with van der Waals surface area (Å²) >= 11 is 0. The van der Waals surface area contributed by atoms with E-state index in [-0.39, 0.29) is 18.1 Å². The summed E-state index contributed by atoms with van der Waals surface area (Å²) in [6.07, 6.45) is 7.40. The van der Waals surface area contributed by atoms with Crippen LogP contribution in [0.5, 0.6) is 5.75 Å². The van der Waals surface area contributed by atoms with Crippen molar-refractivity contribution >= 4 is 22.6 Å². The normalized spacial score (nSPS) is 16.8. The fourth-order valence-corrected chi connectivity index (χ4v) is 5.30. The molecule has 1 N–H and O–H groups in total. The van der Waals surface area contributed by atoms with Gasteiger partial charge in [0.05, 0.1) is 23.9 Å². The van der Waals surface area contributed by atoms with E-state index in [0.717, 1.165) is 66.1 Å². The Morgan fingerprint density at radius 2 is 1.79 bits per heavy atom. The molecule has 3 aromatic rings. The van der Waals surface area contributed by atoms with Crippen molar-refractivity contribution in [2.24, 2.45) is 0 Å². The number of carbonyl (C=O) groups is 1. The first-order valence-corrected chi connectivity index (χ1v) is 13.8. The van der Waals surface area contributed by atoms with E-state index >= 15 is 0 Å². The molecule has 198 valence electrons. The van der Waals surface area contributed by atoms with Gasteiger partial charge in [0.15, 0.2) is 0 Å². The first kappa shape index (κ1) is 26.0. The van der Waals surface area contributed by atoms with E-state index in [1.807, 2.05) is 49.1 Å². The van der Waals surface area contributed by atoms with Crippen molar-refractivity contribution in [3.05, 3.63) is 60.0 Å². The Bertz CT molecular complexity index is 1300. The molecular formula is C31H37N5O2. The fourth-order valence-electron chi connectivity index (χ4n) is 5.30. The molecule has 2 aliphatic rings. The molecule has 7 heteroatoms. The Morgan fingerprint density at radius 3 is 2.53 bits per heavy atom. The third-order valence-corrected chi connectivity index (χ3v) is 7.30. The SMILES string of the molecule is CC(C)Oc1ccc(NC(=O)N2CCC(c3ncnc4ccc(C#CCN5CCCCC5)cc34)CC2)cc1. The Morgan fingerprint density at radius 1 is 1.03 bits per heavy atom. The van der Waals surface area contributed by atoms with Crippen molar-refractivity contribution in [3.8, 4) is 17.6 Å². The maximum Gasteiger partial charge on any atom is 0.321 e. The third-order valence-electron chi connectivity index (χ3n) is 7.30. The summed E-state index contributed by atoms with van der Waals surface area (Å²) in [6.45, 7) is 8.49. The van der Waals surface area contributed by atoms with E-state index in [9.17, 15) is 4.79 Å². The van der Waals surface area contributed by atoms with Gasteiger partial charge in [-0.1, -0.05) is 18.3 Å². The topological polar surface area (TPSA) is 70.6 Å². The number of rotatable bonds is 5. The molecule has 0 spiro atoms. The van der Waals surface area contributed by atoms with E-state index in [1.54, 1.807) is 6.33 Å². The second kappa shape index (κ2) is 12.3. The second-order valence-corrected chi connectivity index (χ2v) is 10.5. The molecular weight excluding hydrogens is 474 g/mol. The molecule has 0 saturated carbocycles. The summed E-state index contributed by atoms with van der Waals surface area (Å²) in [5.74, 6) is 7.80. The summed E-state index contributed by atoms with van der Waals surface area (Å²) in [5.41, 5.74) is 3.79. The number of amides is 2. The smallest absolute Gasteiger partial charge is 0.321 e. The largest absolute Gasteiger partial charge is 0.491 e. The van der Waals surface area contributed by atoms with Crippen LogP contribution in [0.3, 0.4) is 0 Å². The first-order chi connectivity index (χ1) is 18.5. The summed E-state index contributed by atoms with van der Waals surface area (Å²) in [4.78, 5) is 26.4. The minimum absolute atomic E-state index is 0.0696. The van der Waals surface area contributed by atoms with Crippen molar-refractivity contribution in [2.45, 2.75) is 58.0 Å². The van der Waals surface area contributed by atoms with Crippen LogP contribution in [0.25, 0.3) is 10.9 Å². The molecule has 2 aromatic carbocycles. The summed E-state index contributed by atoms with van der Waals surface area (Å²) < 4.78 is 5.68. The number of hydrogen-bond donors (Lipinski definition) is 1. The molecule has 1 aromatic heterocycles. The van der Waals surface area contributed by atoms with Gasteiger partial charge in [0, 0.05) is 35.6 Å². The van der Waals surface area contributed by atoms with Gasteiger partial charge in [0.25, 0.3) is 0 Å². The molecule has 2 aliphatic heterocycles. The lowest BCUT2D eigenvalue weighted by Gasteiger charge is -2.32. The van der Waals surface area contributed by atoms with E-state index in [2.05, 4.69) is 39.2 Å². The van der Waals surface area contributed by atoms with Crippen LogP contribution in [0.1, 0.15) is 63.1 Å². The van der Waals surface area contributed by atoms with Crippen LogP contribution < -0.4 is 10.1 Å². The lowest BCUT2D eigenvalue weighted by Crippen LogP contribution is -2.40. The van der Waals surface area contributed by atoms with E-state index in [1.165, 1.54) is 19.3 Å². The van der Waals surface area contributed by atoms with Crippen LogP contribution in [0, 0.1) is 11.8 Å². The van der Waals surface area contributed by atoms with Gasteiger partial charge in [-0.05, 0) is 95.1 Å². The van der Waals surface area contributed by atoms with Crippen LogP contribution in [0.4, 0.5) is 10.5 Å². The van der Waals surface area contributed by atoms with Crippen molar-refractivity contribution in [2.75, 3.05) is 38.0 Å². The number of nitrogens with one attached hydrogen (secondary N) is 1. The zero-order valence-corrected chi connectivity index (χ0v) is 22.4. The maximum atomic E-state index is 12.9. The van der Waals surface area contributed by atoms with Crippen LogP contribution in [-0.4, -0.2) is 64.6 Å². The van der Waals surface area contributed by atoms with E-state index in [0.29, 0.717) is 13.1 Å². The van der Waals surface area contributed by atoms with Gasteiger partial charge in [0.2, 0.25) is 0 Å². The Labute approximate surface area is 225 Å². The van der Waals surface area contributed by atoms with Gasteiger partial charge < -0.3 is 15.0 Å². The number of fused-ring (bicyclic) bond motifs is 1. The number of ether oxygens (including phenoxy) is 1. The number of nitrogens with zero attached hydrogens (tertiary/aromatic N) is 4. The number of likely N-dealkylation sites (tertiary alicyclic amines) is 2. The molecule has 3 heterocycles. The van der Waals surface area contributed by atoms with E-state index < -0.39 is 0 Å². The average Bonchev–Trinajstić information content (AvgIpc) is 2.94. The maximum absolute atomic E-state index is 12.9. The molecule has 0 radical (unpaired) electrons. The highest BCUT2D eigenvalue weighted by Gasteiger charge is 2.26. The number of piperidine rings is 2. The monoisotopic (exact) mass is 511 g/mol. The number of anilines is 1. The minimum Gasteiger partial charge on any atom is -0.491 e. The minimum atomic E-state index is -0.0696. The van der Waals surface area contributed by atoms with Gasteiger partial charge in [0.1, 0.15) is 12.1 Å². The zero-order valence-electron chi connectivity index (χ0n) is 22.4. The quantitative estimate of drug-likeness (QED) is 0.447. The van der Waals surface area contributed by atoms with Crippen molar-refractivity contribution in [3.63, 3.8) is 0 Å². The number of carbonyl (C=O) groups excluding carboxylic acids is 1. The van der Waals surface area contributed by atoms with Crippen LogP contribution in [0.2, 0.25) is 0 Å². The van der Waals surface area contributed by atoms with Gasteiger partial charge >= 0.3 is 6.03 Å². The van der Waals surface area contributed by atoms with Gasteiger partial charge in [-0.15, -0.1) is 0 Å². The van der Waals surface area contributed by atoms with Crippen LogP contribution >= 0.6 is 0 Å². The number of urea groups is 1. The van der Waals surface area contributed by atoms with Gasteiger partial charge in [-0.3, -0.25) is 4.90 Å². The lowest BCUT2D eigenvalue weighted by atomic mass is 9.90. The predicted octanol–water partition coefficient (Wildman–Crippen LogP) is 5.67. The summed E-state index contributed by atoms with van der Waals surface area (Å²) in [7, 11) is 0. The Hall–Kier alpha value is -3.63. The summed E-state index contributed by atoms with van der Waals surface area (Å²) in [5, 5.41) is 4.09. The molecule has 2 saturated heterocycles. The molecule has 0 atom stereocenters. The molecule has 0 unspecified atom stereocenters. The lowest BCUT2D eigenvalue weighted by molar-refractivity contribution is 0.194. The summed E-state index contributed by atoms with van der Waals surface area (Å²) in [6, 6.07) is 13.7. The molecule has 7 nitrogen and oxygen atoms in total. The van der Waals surface area contributed by atoms with Crippen molar-refractivity contribution < 1.29 is 9.53 Å². The second-order valence-electron chi connectivity index (χ2n) is 10.5. The molecule has 2 fully saturated rings. The van der Waals surface area contributed by atoms with Crippen LogP contribution in [-0.2, 0) is 0 Å². The molecule has 2 amide bonds. The molecule has 38 heavy (non-hydrogen) atoms. The zero-order chi connectivity index (χ0) is 26.3. The highest BCUT2D eigenvalue weighted by atomic mass is 16.5. The Balaban J connectivity index is 1.20. The fraction of sp³-hybridized carbons (Fsp3) is 0.452. The number of hydrogen-bond acceptors (Lipinski definition) is 5. The number of benzene rings is 2. The van der Waals surface area contributed by atoms with Gasteiger partial charge in [-0.25, -0.2) is 14.8 Å². The molecule has 0 bridgehead atoms.